The highest BCUT2D eigenvalue weighted by molar-refractivity contribution is 6.22. The first-order chi connectivity index (χ1) is 10.4. The van der Waals surface area contributed by atoms with Gasteiger partial charge in [0.05, 0.1) is 4.92 Å². The number of nitro benzene ring substituents is 1. The molecular weight excluding hydrogens is 291 g/mol. The summed E-state index contributed by atoms with van der Waals surface area (Å²) in [5, 5.41) is 13.5. The number of hydrogen-bond acceptors (Lipinski definition) is 4. The lowest BCUT2D eigenvalue weighted by Gasteiger charge is -2.06. The van der Waals surface area contributed by atoms with Crippen molar-refractivity contribution in [1.82, 2.24) is 0 Å². The number of nitrogens with zero attached hydrogens (tertiary/aromatic N) is 1. The highest BCUT2D eigenvalue weighted by atomic mass is 19.1. The first kappa shape index (κ1) is 13.9. The molecule has 7 heteroatoms. The van der Waals surface area contributed by atoms with Gasteiger partial charge in [-0.2, -0.15) is 0 Å². The Morgan fingerprint density at radius 3 is 2.45 bits per heavy atom. The quantitative estimate of drug-likeness (QED) is 0.582. The summed E-state index contributed by atoms with van der Waals surface area (Å²) in [6.07, 6.45) is 0. The van der Waals surface area contributed by atoms with Gasteiger partial charge in [0.25, 0.3) is 5.69 Å². The Labute approximate surface area is 123 Å². The van der Waals surface area contributed by atoms with Gasteiger partial charge in [-0.05, 0) is 23.8 Å². The molecule has 0 saturated carbocycles. The van der Waals surface area contributed by atoms with Crippen LogP contribution in [-0.4, -0.2) is 16.6 Å². The number of rotatable bonds is 2. The average Bonchev–Trinajstić information content (AvgIpc) is 2.70. The molecule has 0 atom stereocenters. The Hall–Kier alpha value is -3.09. The van der Waals surface area contributed by atoms with Gasteiger partial charge in [-0.15, -0.1) is 0 Å². The predicted molar refractivity (Wildman–Crippen MR) is 76.2 cm³/mol. The summed E-state index contributed by atoms with van der Waals surface area (Å²) in [4.78, 5) is 34.0. The molecule has 3 rings (SSSR count). The summed E-state index contributed by atoms with van der Waals surface area (Å²) in [5.74, 6) is -1.47. The molecule has 0 radical (unpaired) electrons. The molecule has 2 aromatic carbocycles. The van der Waals surface area contributed by atoms with E-state index in [2.05, 4.69) is 5.32 Å². The molecule has 110 valence electrons. The molecule has 0 spiro atoms. The van der Waals surface area contributed by atoms with Crippen molar-refractivity contribution in [3.8, 4) is 11.1 Å². The molecule has 1 amide bonds. The molecule has 0 fully saturated rings. The zero-order valence-electron chi connectivity index (χ0n) is 11.3. The van der Waals surface area contributed by atoms with Crippen molar-refractivity contribution in [1.29, 1.82) is 0 Å². The Balaban J connectivity index is 2.26. The highest BCUT2D eigenvalue weighted by Gasteiger charge is 2.31. The highest BCUT2D eigenvalue weighted by Crippen LogP contribution is 2.41. The van der Waals surface area contributed by atoms with Crippen LogP contribution in [0, 0.1) is 15.9 Å². The van der Waals surface area contributed by atoms with Gasteiger partial charge in [-0.1, -0.05) is 6.07 Å². The van der Waals surface area contributed by atoms with Crippen LogP contribution < -0.4 is 5.32 Å². The standard InChI is InChI=1S/C15H9FN2O4/c1-7(19)17-13-5-12-10(6-14(13)18(21)22)9-3-2-8(16)4-11(9)15(12)20/h2-6H,1H3,(H,17,19). The number of halogens is 1. The second-order valence-corrected chi connectivity index (χ2v) is 4.87. The predicted octanol–water partition coefficient (Wildman–Crippen LogP) is 2.90. The number of carbonyl (C=O) groups excluding carboxylic acids is 2. The van der Waals surface area contributed by atoms with E-state index >= 15 is 0 Å². The van der Waals surface area contributed by atoms with E-state index in [9.17, 15) is 24.1 Å². The molecule has 6 nitrogen and oxygen atoms in total. The third-order valence-corrected chi connectivity index (χ3v) is 3.40. The van der Waals surface area contributed by atoms with Crippen LogP contribution in [0.5, 0.6) is 0 Å². The number of amides is 1. The third-order valence-electron chi connectivity index (χ3n) is 3.40. The number of ketones is 1. The minimum atomic E-state index is -0.641. The van der Waals surface area contributed by atoms with E-state index in [1.807, 2.05) is 0 Å². The van der Waals surface area contributed by atoms with Crippen LogP contribution in [0.15, 0.2) is 30.3 Å². The van der Waals surface area contributed by atoms with Crippen molar-refractivity contribution in [2.45, 2.75) is 6.92 Å². The average molecular weight is 300 g/mol. The molecule has 0 aromatic heterocycles. The molecule has 0 unspecified atom stereocenters. The SMILES string of the molecule is CC(=O)Nc1cc2c(cc1[N+](=O)[O-])-c1ccc(F)cc1C2=O. The number of nitro groups is 1. The van der Waals surface area contributed by atoms with E-state index in [0.29, 0.717) is 11.1 Å². The fourth-order valence-corrected chi connectivity index (χ4v) is 2.52. The number of benzene rings is 2. The smallest absolute Gasteiger partial charge is 0.293 e. The molecule has 1 aliphatic rings. The van der Waals surface area contributed by atoms with Gasteiger partial charge in [-0.25, -0.2) is 4.39 Å². The Morgan fingerprint density at radius 2 is 1.82 bits per heavy atom. The zero-order valence-corrected chi connectivity index (χ0v) is 11.3. The number of hydrogen-bond donors (Lipinski definition) is 1. The first-order valence-corrected chi connectivity index (χ1v) is 6.33. The normalized spacial score (nSPS) is 11.8. The summed E-state index contributed by atoms with van der Waals surface area (Å²) >= 11 is 0. The van der Waals surface area contributed by atoms with Crippen molar-refractivity contribution in [3.05, 3.63) is 57.4 Å². The Kier molecular flexibility index (Phi) is 2.98. The van der Waals surface area contributed by atoms with Gasteiger partial charge >= 0.3 is 0 Å². The van der Waals surface area contributed by atoms with Gasteiger partial charge in [0.2, 0.25) is 5.91 Å². The summed E-state index contributed by atoms with van der Waals surface area (Å²) in [6.45, 7) is 1.21. The van der Waals surface area contributed by atoms with E-state index in [-0.39, 0.29) is 22.5 Å². The van der Waals surface area contributed by atoms with E-state index in [1.165, 1.54) is 31.2 Å². The maximum absolute atomic E-state index is 13.3. The van der Waals surface area contributed by atoms with Crippen LogP contribution in [0.4, 0.5) is 15.8 Å². The largest absolute Gasteiger partial charge is 0.321 e. The van der Waals surface area contributed by atoms with Crippen LogP contribution in [0.25, 0.3) is 11.1 Å². The van der Waals surface area contributed by atoms with Gasteiger partial charge in [-0.3, -0.25) is 19.7 Å². The fourth-order valence-electron chi connectivity index (χ4n) is 2.52. The van der Waals surface area contributed by atoms with Crippen molar-refractivity contribution < 1.29 is 18.9 Å². The maximum atomic E-state index is 13.3. The number of anilines is 1. The van der Waals surface area contributed by atoms with Crippen LogP contribution in [0.2, 0.25) is 0 Å². The second-order valence-electron chi connectivity index (χ2n) is 4.87. The summed E-state index contributed by atoms with van der Waals surface area (Å²) in [7, 11) is 0. The third kappa shape index (κ3) is 2.03. The van der Waals surface area contributed by atoms with E-state index in [4.69, 9.17) is 0 Å². The molecular formula is C15H9FN2O4. The van der Waals surface area contributed by atoms with Gasteiger partial charge < -0.3 is 5.32 Å². The van der Waals surface area contributed by atoms with Crippen LogP contribution in [0.3, 0.4) is 0 Å². The summed E-state index contributed by atoms with van der Waals surface area (Å²) in [5.41, 5.74) is 0.788. The maximum Gasteiger partial charge on any atom is 0.293 e. The van der Waals surface area contributed by atoms with Crippen molar-refractivity contribution in [2.24, 2.45) is 0 Å². The minimum Gasteiger partial charge on any atom is -0.321 e. The monoisotopic (exact) mass is 300 g/mol. The van der Waals surface area contributed by atoms with Crippen LogP contribution in [0.1, 0.15) is 22.8 Å². The summed E-state index contributed by atoms with van der Waals surface area (Å²) in [6, 6.07) is 6.18. The number of nitrogens with one attached hydrogen (secondary N) is 1. The van der Waals surface area contributed by atoms with Crippen molar-refractivity contribution in [2.75, 3.05) is 5.32 Å². The molecule has 1 aliphatic carbocycles. The molecule has 0 saturated heterocycles. The second kappa shape index (κ2) is 4.73. The Morgan fingerprint density at radius 1 is 1.14 bits per heavy atom. The summed E-state index contributed by atoms with van der Waals surface area (Å²) < 4.78 is 13.3. The molecule has 0 aliphatic heterocycles. The van der Waals surface area contributed by atoms with E-state index in [0.717, 1.165) is 6.07 Å². The van der Waals surface area contributed by atoms with Crippen LogP contribution >= 0.6 is 0 Å². The van der Waals surface area contributed by atoms with E-state index in [1.54, 1.807) is 0 Å². The molecule has 1 N–H and O–H groups in total. The van der Waals surface area contributed by atoms with Gasteiger partial charge in [0, 0.05) is 29.7 Å². The molecule has 2 aromatic rings. The first-order valence-electron chi connectivity index (χ1n) is 6.33. The molecule has 0 heterocycles. The molecule has 0 bridgehead atoms. The van der Waals surface area contributed by atoms with Gasteiger partial charge in [0.1, 0.15) is 11.5 Å². The van der Waals surface area contributed by atoms with Gasteiger partial charge in [0.15, 0.2) is 5.78 Å². The number of carbonyl (C=O) groups is 2. The van der Waals surface area contributed by atoms with Crippen LogP contribution in [-0.2, 0) is 4.79 Å². The lowest BCUT2D eigenvalue weighted by atomic mass is 10.0. The topological polar surface area (TPSA) is 89.3 Å². The van der Waals surface area contributed by atoms with E-state index < -0.39 is 22.4 Å². The number of fused-ring (bicyclic) bond motifs is 3. The van der Waals surface area contributed by atoms with Crippen molar-refractivity contribution in [3.63, 3.8) is 0 Å². The molecule has 22 heavy (non-hydrogen) atoms. The fraction of sp³-hybridized carbons (Fsp3) is 0.0667. The lowest BCUT2D eigenvalue weighted by molar-refractivity contribution is -0.383. The zero-order chi connectivity index (χ0) is 16.0. The minimum absolute atomic E-state index is 0.0575. The Bertz CT molecular complexity index is 861. The van der Waals surface area contributed by atoms with Crippen molar-refractivity contribution >= 4 is 23.1 Å². The lowest BCUT2D eigenvalue weighted by Crippen LogP contribution is -2.09.